The van der Waals surface area contributed by atoms with Crippen molar-refractivity contribution in [2.45, 2.75) is 45.3 Å². The van der Waals surface area contributed by atoms with Crippen LogP contribution in [0.5, 0.6) is 0 Å². The van der Waals surface area contributed by atoms with E-state index < -0.39 is 5.60 Å². The van der Waals surface area contributed by atoms with Crippen LogP contribution in [-0.4, -0.2) is 68.8 Å². The molecule has 138 valence electrons. The van der Waals surface area contributed by atoms with Crippen LogP contribution in [0.1, 0.15) is 50.3 Å². The molecule has 0 radical (unpaired) electrons. The van der Waals surface area contributed by atoms with Crippen LogP contribution in [0.25, 0.3) is 0 Å². The lowest BCUT2D eigenvalue weighted by Crippen LogP contribution is -2.43. The maximum absolute atomic E-state index is 12.3. The summed E-state index contributed by atoms with van der Waals surface area (Å²) in [6.45, 7) is 10.8. The van der Waals surface area contributed by atoms with Gasteiger partial charge in [-0.2, -0.15) is 0 Å². The molecule has 1 saturated heterocycles. The summed E-state index contributed by atoms with van der Waals surface area (Å²) in [6.07, 6.45) is 4.61. The van der Waals surface area contributed by atoms with E-state index in [1.165, 1.54) is 4.90 Å². The van der Waals surface area contributed by atoms with Gasteiger partial charge in [0.1, 0.15) is 11.9 Å². The van der Waals surface area contributed by atoms with Crippen LogP contribution >= 0.6 is 0 Å². The molecule has 1 fully saturated rings. The van der Waals surface area contributed by atoms with Crippen LogP contribution in [0.4, 0.5) is 4.79 Å². The maximum atomic E-state index is 12.3. The minimum atomic E-state index is -0.521. The lowest BCUT2D eigenvalue weighted by molar-refractivity contribution is 0.0166. The second-order valence-corrected chi connectivity index (χ2v) is 7.24. The fourth-order valence-corrected chi connectivity index (χ4v) is 2.66. The first-order valence-electron chi connectivity index (χ1n) is 8.46. The van der Waals surface area contributed by atoms with Crippen molar-refractivity contribution < 1.29 is 14.3 Å². The van der Waals surface area contributed by atoms with Gasteiger partial charge in [-0.05, 0) is 33.6 Å². The second-order valence-electron chi connectivity index (χ2n) is 7.24. The van der Waals surface area contributed by atoms with Gasteiger partial charge in [0.05, 0.1) is 6.04 Å². The van der Waals surface area contributed by atoms with E-state index in [1.807, 2.05) is 20.8 Å². The summed E-state index contributed by atoms with van der Waals surface area (Å²) in [4.78, 5) is 31.8. The van der Waals surface area contributed by atoms with E-state index >= 15 is 0 Å². The van der Waals surface area contributed by atoms with Gasteiger partial charge in [-0.15, -0.1) is 11.7 Å². The molecule has 8 nitrogen and oxygen atoms in total. The van der Waals surface area contributed by atoms with Gasteiger partial charge in [0.2, 0.25) is 5.82 Å². The van der Waals surface area contributed by atoms with Gasteiger partial charge in [-0.1, -0.05) is 6.08 Å². The second kappa shape index (κ2) is 7.67. The van der Waals surface area contributed by atoms with E-state index in [1.54, 1.807) is 29.0 Å². The molecule has 2 heterocycles. The summed E-state index contributed by atoms with van der Waals surface area (Å²) in [5.74, 6) is -0.0998. The average molecular weight is 349 g/mol. The zero-order valence-corrected chi connectivity index (χ0v) is 15.4. The van der Waals surface area contributed by atoms with Gasteiger partial charge in [-0.25, -0.2) is 14.5 Å². The predicted molar refractivity (Wildman–Crippen MR) is 93.3 cm³/mol. The number of hydrogen-bond donors (Lipinski definition) is 0. The van der Waals surface area contributed by atoms with Crippen LogP contribution in [-0.2, 0) is 4.74 Å². The molecule has 2 amide bonds. The minimum Gasteiger partial charge on any atom is -0.444 e. The summed E-state index contributed by atoms with van der Waals surface area (Å²) in [6, 6.07) is -0.0139. The molecule has 1 atom stereocenters. The minimum absolute atomic E-state index is 0.0139. The Labute approximate surface area is 148 Å². The number of amides is 2. The third kappa shape index (κ3) is 5.04. The van der Waals surface area contributed by atoms with Crippen molar-refractivity contribution in [3.05, 3.63) is 24.8 Å². The monoisotopic (exact) mass is 349 g/mol. The van der Waals surface area contributed by atoms with Gasteiger partial charge < -0.3 is 14.5 Å². The number of nitrogens with zero attached hydrogens (tertiary/aromatic N) is 5. The number of likely N-dealkylation sites (tertiary alicyclic amines) is 1. The molecule has 0 spiro atoms. The molecule has 0 aromatic carbocycles. The first-order valence-corrected chi connectivity index (χ1v) is 8.46. The Kier molecular flexibility index (Phi) is 5.81. The smallest absolute Gasteiger partial charge is 0.410 e. The maximum Gasteiger partial charge on any atom is 0.410 e. The van der Waals surface area contributed by atoms with E-state index in [0.717, 1.165) is 12.8 Å². The van der Waals surface area contributed by atoms with Crippen LogP contribution in [0.2, 0.25) is 0 Å². The first-order chi connectivity index (χ1) is 11.7. The van der Waals surface area contributed by atoms with Gasteiger partial charge in [-0.3, -0.25) is 4.79 Å². The Morgan fingerprint density at radius 2 is 2.20 bits per heavy atom. The number of piperidine rings is 1. The highest BCUT2D eigenvalue weighted by atomic mass is 16.6. The molecule has 0 bridgehead atoms. The Morgan fingerprint density at radius 1 is 1.48 bits per heavy atom. The number of carbonyl (C=O) groups is 2. The zero-order valence-electron chi connectivity index (χ0n) is 15.4. The summed E-state index contributed by atoms with van der Waals surface area (Å²) >= 11 is 0. The number of carbonyl (C=O) groups excluding carboxylic acids is 2. The number of likely N-dealkylation sites (N-methyl/N-ethyl adjacent to an activating group) is 1. The fourth-order valence-electron chi connectivity index (χ4n) is 2.66. The normalized spacial score (nSPS) is 17.9. The molecule has 8 heteroatoms. The Hall–Kier alpha value is -2.38. The standard InChI is InChI=1S/C17H27N5O3/c1-6-9-20(5)15(23)14-18-12-22(19-14)13-8-7-10-21(11-13)16(24)25-17(2,3)4/h6,12-13H,1,7-11H2,2-5H3. The molecular formula is C17H27N5O3. The number of ether oxygens (including phenoxy) is 1. The topological polar surface area (TPSA) is 80.6 Å². The molecule has 0 saturated carbocycles. The van der Waals surface area contributed by atoms with Gasteiger partial charge in [0, 0.05) is 26.7 Å². The highest BCUT2D eigenvalue weighted by molar-refractivity contribution is 5.90. The molecule has 1 aliphatic heterocycles. The van der Waals surface area contributed by atoms with Crippen molar-refractivity contribution in [3.63, 3.8) is 0 Å². The lowest BCUT2D eigenvalue weighted by atomic mass is 10.1. The summed E-state index contributed by atoms with van der Waals surface area (Å²) in [5.41, 5.74) is -0.521. The zero-order chi connectivity index (χ0) is 18.6. The third-order valence-electron chi connectivity index (χ3n) is 3.87. The molecule has 1 aromatic heterocycles. The van der Waals surface area contributed by atoms with E-state index in [2.05, 4.69) is 16.7 Å². The van der Waals surface area contributed by atoms with Gasteiger partial charge in [0.25, 0.3) is 5.91 Å². The summed E-state index contributed by atoms with van der Waals surface area (Å²) in [7, 11) is 1.68. The quantitative estimate of drug-likeness (QED) is 0.778. The van der Waals surface area contributed by atoms with Crippen LogP contribution in [0, 0.1) is 0 Å². The molecule has 1 unspecified atom stereocenters. The van der Waals surface area contributed by atoms with E-state index in [4.69, 9.17) is 4.74 Å². The summed E-state index contributed by atoms with van der Waals surface area (Å²) < 4.78 is 7.11. The van der Waals surface area contributed by atoms with Gasteiger partial charge in [0.15, 0.2) is 0 Å². The highest BCUT2D eigenvalue weighted by Crippen LogP contribution is 2.22. The molecule has 2 rings (SSSR count). The first kappa shape index (κ1) is 19.0. The van der Waals surface area contributed by atoms with Crippen molar-refractivity contribution in [3.8, 4) is 0 Å². The largest absolute Gasteiger partial charge is 0.444 e. The molecular weight excluding hydrogens is 322 g/mol. The number of rotatable bonds is 4. The molecule has 25 heavy (non-hydrogen) atoms. The van der Waals surface area contributed by atoms with E-state index in [-0.39, 0.29) is 23.9 Å². The number of aromatic nitrogens is 3. The fraction of sp³-hybridized carbons (Fsp3) is 0.647. The van der Waals surface area contributed by atoms with Gasteiger partial charge >= 0.3 is 6.09 Å². The Balaban J connectivity index is 2.03. The van der Waals surface area contributed by atoms with Crippen molar-refractivity contribution >= 4 is 12.0 Å². The highest BCUT2D eigenvalue weighted by Gasteiger charge is 2.29. The van der Waals surface area contributed by atoms with Crippen LogP contribution in [0.15, 0.2) is 19.0 Å². The lowest BCUT2D eigenvalue weighted by Gasteiger charge is -2.33. The number of hydrogen-bond acceptors (Lipinski definition) is 5. The molecule has 1 aliphatic rings. The van der Waals surface area contributed by atoms with Crippen LogP contribution < -0.4 is 0 Å². The van der Waals surface area contributed by atoms with Crippen molar-refractivity contribution in [1.82, 2.24) is 24.6 Å². The molecule has 0 N–H and O–H groups in total. The molecule has 0 aliphatic carbocycles. The third-order valence-corrected chi connectivity index (χ3v) is 3.87. The van der Waals surface area contributed by atoms with Crippen molar-refractivity contribution in [2.24, 2.45) is 0 Å². The average Bonchev–Trinajstić information content (AvgIpc) is 3.03. The summed E-state index contributed by atoms with van der Waals surface area (Å²) in [5, 5.41) is 4.31. The Morgan fingerprint density at radius 3 is 2.84 bits per heavy atom. The van der Waals surface area contributed by atoms with E-state index in [0.29, 0.717) is 19.6 Å². The SMILES string of the molecule is C=CCN(C)C(=O)c1ncn(C2CCCN(C(=O)OC(C)(C)C)C2)n1. The Bertz CT molecular complexity index is 634. The predicted octanol–water partition coefficient (Wildman–Crippen LogP) is 2.11. The molecule has 1 aromatic rings. The van der Waals surface area contributed by atoms with Crippen molar-refractivity contribution in [2.75, 3.05) is 26.7 Å². The van der Waals surface area contributed by atoms with Crippen molar-refractivity contribution in [1.29, 1.82) is 0 Å². The van der Waals surface area contributed by atoms with E-state index in [9.17, 15) is 9.59 Å². The van der Waals surface area contributed by atoms with Crippen LogP contribution in [0.3, 0.4) is 0 Å².